The predicted molar refractivity (Wildman–Crippen MR) is 87.1 cm³/mol. The fourth-order valence-corrected chi connectivity index (χ4v) is 2.29. The number of ether oxygens (including phenoxy) is 1. The zero-order valence-electron chi connectivity index (χ0n) is 12.8. The molecule has 3 heterocycles. The largest absolute Gasteiger partial charge is 0.497 e. The Kier molecular flexibility index (Phi) is 3.51. The highest BCUT2D eigenvalue weighted by Gasteiger charge is 2.14. The van der Waals surface area contributed by atoms with E-state index in [0.717, 1.165) is 22.6 Å². The molecule has 0 fully saturated rings. The van der Waals surface area contributed by atoms with Crippen LogP contribution < -0.4 is 4.74 Å². The number of hydrogen-bond donors (Lipinski definition) is 1. The summed E-state index contributed by atoms with van der Waals surface area (Å²) in [6.07, 6.45) is 3.38. The van der Waals surface area contributed by atoms with Crippen LogP contribution in [0.3, 0.4) is 0 Å². The van der Waals surface area contributed by atoms with Crippen molar-refractivity contribution < 1.29 is 9.26 Å². The molecular formula is C17H13N5O2. The minimum Gasteiger partial charge on any atom is -0.497 e. The van der Waals surface area contributed by atoms with E-state index in [1.165, 1.54) is 0 Å². The lowest BCUT2D eigenvalue weighted by molar-refractivity contribution is 0.415. The quantitative estimate of drug-likeness (QED) is 0.621. The van der Waals surface area contributed by atoms with Crippen molar-refractivity contribution in [3.8, 4) is 40.0 Å². The molecular weight excluding hydrogens is 306 g/mol. The Hall–Kier alpha value is -3.48. The van der Waals surface area contributed by atoms with Crippen LogP contribution >= 0.6 is 0 Å². The van der Waals surface area contributed by atoms with Crippen molar-refractivity contribution in [1.82, 2.24) is 25.3 Å². The lowest BCUT2D eigenvalue weighted by Gasteiger charge is -1.99. The van der Waals surface area contributed by atoms with E-state index in [1.54, 1.807) is 19.5 Å². The van der Waals surface area contributed by atoms with Gasteiger partial charge in [-0.15, -0.1) is 0 Å². The summed E-state index contributed by atoms with van der Waals surface area (Å²) >= 11 is 0. The molecule has 1 aromatic carbocycles. The molecule has 0 saturated heterocycles. The number of aromatic amines is 1. The monoisotopic (exact) mass is 319 g/mol. The fourth-order valence-electron chi connectivity index (χ4n) is 2.29. The highest BCUT2D eigenvalue weighted by atomic mass is 16.5. The Morgan fingerprint density at radius 3 is 2.71 bits per heavy atom. The van der Waals surface area contributed by atoms with Gasteiger partial charge < -0.3 is 9.26 Å². The summed E-state index contributed by atoms with van der Waals surface area (Å²) in [6, 6.07) is 13.2. The van der Waals surface area contributed by atoms with Crippen molar-refractivity contribution in [2.24, 2.45) is 0 Å². The molecule has 4 aromatic rings. The molecule has 1 N–H and O–H groups in total. The first-order valence-corrected chi connectivity index (χ1v) is 7.28. The third-order valence-corrected chi connectivity index (χ3v) is 3.54. The minimum absolute atomic E-state index is 0.376. The summed E-state index contributed by atoms with van der Waals surface area (Å²) < 4.78 is 10.5. The topological polar surface area (TPSA) is 89.7 Å². The Balaban J connectivity index is 1.62. The average molecular weight is 319 g/mol. The number of hydrogen-bond acceptors (Lipinski definition) is 6. The molecule has 4 rings (SSSR count). The zero-order valence-corrected chi connectivity index (χ0v) is 12.8. The lowest BCUT2D eigenvalue weighted by atomic mass is 10.1. The molecule has 0 aliphatic carbocycles. The van der Waals surface area contributed by atoms with Gasteiger partial charge in [0.2, 0.25) is 5.82 Å². The van der Waals surface area contributed by atoms with Crippen molar-refractivity contribution in [2.45, 2.75) is 0 Å². The summed E-state index contributed by atoms with van der Waals surface area (Å²) in [5.74, 6) is 1.66. The van der Waals surface area contributed by atoms with Crippen molar-refractivity contribution >= 4 is 0 Å². The lowest BCUT2D eigenvalue weighted by Crippen LogP contribution is -1.82. The van der Waals surface area contributed by atoms with E-state index in [2.05, 4.69) is 25.3 Å². The van der Waals surface area contributed by atoms with Crippen LogP contribution in [0.2, 0.25) is 0 Å². The van der Waals surface area contributed by atoms with Crippen LogP contribution in [-0.4, -0.2) is 32.4 Å². The van der Waals surface area contributed by atoms with Gasteiger partial charge in [0.25, 0.3) is 5.89 Å². The van der Waals surface area contributed by atoms with Crippen LogP contribution in [0.25, 0.3) is 34.2 Å². The molecule has 3 aromatic heterocycles. The van der Waals surface area contributed by atoms with E-state index in [-0.39, 0.29) is 0 Å². The Morgan fingerprint density at radius 1 is 1.08 bits per heavy atom. The maximum Gasteiger partial charge on any atom is 0.276 e. The Labute approximate surface area is 137 Å². The van der Waals surface area contributed by atoms with Gasteiger partial charge in [0.1, 0.15) is 11.4 Å². The van der Waals surface area contributed by atoms with Gasteiger partial charge in [-0.25, -0.2) is 0 Å². The van der Waals surface area contributed by atoms with Gasteiger partial charge in [-0.05, 0) is 42.5 Å². The predicted octanol–water partition coefficient (Wildman–Crippen LogP) is 3.20. The molecule has 0 atom stereocenters. The molecule has 0 radical (unpaired) electrons. The normalized spacial score (nSPS) is 10.7. The van der Waals surface area contributed by atoms with Crippen LogP contribution in [-0.2, 0) is 0 Å². The smallest absolute Gasteiger partial charge is 0.276 e. The highest BCUT2D eigenvalue weighted by molar-refractivity contribution is 5.65. The number of benzene rings is 1. The summed E-state index contributed by atoms with van der Waals surface area (Å²) in [7, 11) is 1.64. The van der Waals surface area contributed by atoms with Crippen LogP contribution in [0.15, 0.2) is 59.4 Å². The van der Waals surface area contributed by atoms with Gasteiger partial charge in [-0.2, -0.15) is 10.1 Å². The molecule has 118 valence electrons. The maximum absolute atomic E-state index is 5.31. The summed E-state index contributed by atoms with van der Waals surface area (Å²) in [5.41, 5.74) is 3.20. The van der Waals surface area contributed by atoms with Crippen LogP contribution in [0.5, 0.6) is 5.75 Å². The number of nitrogens with zero attached hydrogens (tertiary/aromatic N) is 4. The van der Waals surface area contributed by atoms with Crippen LogP contribution in [0, 0.1) is 0 Å². The molecule has 0 aliphatic rings. The summed E-state index contributed by atoms with van der Waals surface area (Å²) in [6.45, 7) is 0. The molecule has 24 heavy (non-hydrogen) atoms. The SMILES string of the molecule is COc1ccc(-c2cc(-c3nc(-c4cccnc4)no3)[nH]n2)cc1. The van der Waals surface area contributed by atoms with Gasteiger partial charge in [0.15, 0.2) is 0 Å². The Morgan fingerprint density at radius 2 is 1.96 bits per heavy atom. The van der Waals surface area contributed by atoms with E-state index in [9.17, 15) is 0 Å². The molecule has 7 nitrogen and oxygen atoms in total. The van der Waals surface area contributed by atoms with Gasteiger partial charge in [0.05, 0.1) is 12.8 Å². The van der Waals surface area contributed by atoms with Crippen molar-refractivity contribution in [3.63, 3.8) is 0 Å². The van der Waals surface area contributed by atoms with E-state index in [0.29, 0.717) is 17.4 Å². The molecule has 0 aliphatic heterocycles. The summed E-state index contributed by atoms with van der Waals surface area (Å²) in [4.78, 5) is 8.42. The van der Waals surface area contributed by atoms with E-state index in [4.69, 9.17) is 9.26 Å². The number of H-pyrrole nitrogens is 1. The first-order chi connectivity index (χ1) is 11.8. The standard InChI is InChI=1S/C17H13N5O2/c1-23-13-6-4-11(5-7-13)14-9-15(21-20-14)17-19-16(22-24-17)12-3-2-8-18-10-12/h2-10H,1H3,(H,20,21). The Bertz CT molecular complexity index is 945. The molecule has 0 bridgehead atoms. The van der Waals surface area contributed by atoms with Gasteiger partial charge in [-0.1, -0.05) is 5.16 Å². The summed E-state index contributed by atoms with van der Waals surface area (Å²) in [5, 5.41) is 11.2. The number of methoxy groups -OCH3 is 1. The molecule has 0 unspecified atom stereocenters. The van der Waals surface area contributed by atoms with Crippen LogP contribution in [0.4, 0.5) is 0 Å². The molecule has 0 saturated carbocycles. The first-order valence-electron chi connectivity index (χ1n) is 7.28. The number of rotatable bonds is 4. The number of aromatic nitrogens is 5. The van der Waals surface area contributed by atoms with Crippen LogP contribution in [0.1, 0.15) is 0 Å². The fraction of sp³-hybridized carbons (Fsp3) is 0.0588. The second-order valence-electron chi connectivity index (χ2n) is 5.06. The van der Waals surface area contributed by atoms with Crippen molar-refractivity contribution in [3.05, 3.63) is 54.9 Å². The molecule has 0 spiro atoms. The highest BCUT2D eigenvalue weighted by Crippen LogP contribution is 2.25. The third-order valence-electron chi connectivity index (χ3n) is 3.54. The van der Waals surface area contributed by atoms with Gasteiger partial charge in [-0.3, -0.25) is 10.1 Å². The van der Waals surface area contributed by atoms with Gasteiger partial charge >= 0.3 is 0 Å². The third kappa shape index (κ3) is 2.63. The van der Waals surface area contributed by atoms with E-state index >= 15 is 0 Å². The minimum atomic E-state index is 0.376. The van der Waals surface area contributed by atoms with E-state index in [1.807, 2.05) is 42.5 Å². The number of nitrogens with one attached hydrogen (secondary N) is 1. The molecule has 0 amide bonds. The maximum atomic E-state index is 5.31. The zero-order chi connectivity index (χ0) is 16.4. The van der Waals surface area contributed by atoms with Crippen molar-refractivity contribution in [1.29, 1.82) is 0 Å². The molecule has 7 heteroatoms. The average Bonchev–Trinajstić information content (AvgIpc) is 3.32. The van der Waals surface area contributed by atoms with Gasteiger partial charge in [0, 0.05) is 23.5 Å². The second-order valence-corrected chi connectivity index (χ2v) is 5.06. The second kappa shape index (κ2) is 5.96. The van der Waals surface area contributed by atoms with Crippen molar-refractivity contribution in [2.75, 3.05) is 7.11 Å². The number of pyridine rings is 1. The van der Waals surface area contributed by atoms with E-state index < -0.39 is 0 Å². The first kappa shape index (κ1) is 14.1.